The van der Waals surface area contributed by atoms with Crippen LogP contribution in [0.3, 0.4) is 0 Å². The maximum Gasteiger partial charge on any atom is 0.233 e. The number of halogens is 1. The minimum absolute atomic E-state index is 0.0394. The SMILES string of the molecule is CCN(Cc1ccc(Cl)s1)C(=O)CCN1C(=O)C2CCCCC2C1=O. The minimum Gasteiger partial charge on any atom is -0.338 e. The third-order valence-corrected chi connectivity index (χ3v) is 6.41. The highest BCUT2D eigenvalue weighted by molar-refractivity contribution is 7.16. The first-order valence-electron chi connectivity index (χ1n) is 8.88. The molecule has 1 aliphatic carbocycles. The lowest BCUT2D eigenvalue weighted by molar-refractivity contribution is -0.140. The summed E-state index contributed by atoms with van der Waals surface area (Å²) in [6.45, 7) is 3.22. The summed E-state index contributed by atoms with van der Waals surface area (Å²) in [7, 11) is 0. The van der Waals surface area contributed by atoms with Gasteiger partial charge in [-0.15, -0.1) is 11.3 Å². The number of nitrogens with zero attached hydrogens (tertiary/aromatic N) is 2. The predicted octanol–water partition coefficient (Wildman–Crippen LogP) is 3.32. The molecule has 1 saturated heterocycles. The van der Waals surface area contributed by atoms with Gasteiger partial charge in [-0.25, -0.2) is 0 Å². The smallest absolute Gasteiger partial charge is 0.233 e. The third kappa shape index (κ3) is 3.90. The van der Waals surface area contributed by atoms with Crippen LogP contribution in [0.1, 0.15) is 43.9 Å². The van der Waals surface area contributed by atoms with Gasteiger partial charge in [0.15, 0.2) is 0 Å². The van der Waals surface area contributed by atoms with Crippen LogP contribution in [-0.2, 0) is 20.9 Å². The molecule has 0 radical (unpaired) electrons. The lowest BCUT2D eigenvalue weighted by atomic mass is 9.81. The minimum atomic E-state index is -0.146. The molecule has 2 fully saturated rings. The highest BCUT2D eigenvalue weighted by Crippen LogP contribution is 2.38. The second-order valence-corrected chi connectivity index (χ2v) is 8.49. The maximum atomic E-state index is 12.5. The fourth-order valence-electron chi connectivity index (χ4n) is 3.82. The maximum absolute atomic E-state index is 12.5. The Morgan fingerprint density at radius 2 is 1.88 bits per heavy atom. The Balaban J connectivity index is 1.57. The summed E-state index contributed by atoms with van der Waals surface area (Å²) in [4.78, 5) is 41.5. The molecular formula is C18H23ClN2O3S. The van der Waals surface area contributed by atoms with E-state index in [1.54, 1.807) is 4.90 Å². The second-order valence-electron chi connectivity index (χ2n) is 6.69. The monoisotopic (exact) mass is 382 g/mol. The van der Waals surface area contributed by atoms with Gasteiger partial charge in [-0.3, -0.25) is 19.3 Å². The Kier molecular flexibility index (Phi) is 5.79. The van der Waals surface area contributed by atoms with E-state index < -0.39 is 0 Å². The molecule has 3 amide bonds. The Labute approximate surface area is 156 Å². The molecule has 1 aliphatic heterocycles. The molecule has 3 rings (SSSR count). The summed E-state index contributed by atoms with van der Waals surface area (Å²) < 4.78 is 0.703. The molecule has 2 heterocycles. The zero-order chi connectivity index (χ0) is 18.0. The van der Waals surface area contributed by atoms with Crippen LogP contribution in [0.25, 0.3) is 0 Å². The van der Waals surface area contributed by atoms with E-state index in [9.17, 15) is 14.4 Å². The molecule has 5 nitrogen and oxygen atoms in total. The molecule has 1 saturated carbocycles. The molecule has 136 valence electrons. The first-order valence-corrected chi connectivity index (χ1v) is 10.1. The molecule has 7 heteroatoms. The van der Waals surface area contributed by atoms with Gasteiger partial charge < -0.3 is 4.90 Å². The van der Waals surface area contributed by atoms with Crippen molar-refractivity contribution in [2.24, 2.45) is 11.8 Å². The summed E-state index contributed by atoms with van der Waals surface area (Å²) >= 11 is 7.40. The van der Waals surface area contributed by atoms with Crippen molar-refractivity contribution in [3.05, 3.63) is 21.3 Å². The van der Waals surface area contributed by atoms with Gasteiger partial charge in [0.05, 0.1) is 22.7 Å². The van der Waals surface area contributed by atoms with E-state index in [4.69, 9.17) is 11.6 Å². The Morgan fingerprint density at radius 1 is 1.24 bits per heavy atom. The number of hydrogen-bond donors (Lipinski definition) is 0. The fourth-order valence-corrected chi connectivity index (χ4v) is 4.92. The topological polar surface area (TPSA) is 57.7 Å². The Bertz CT molecular complexity index is 651. The zero-order valence-corrected chi connectivity index (χ0v) is 15.9. The Morgan fingerprint density at radius 3 is 2.40 bits per heavy atom. The molecule has 2 unspecified atom stereocenters. The summed E-state index contributed by atoms with van der Waals surface area (Å²) in [5.41, 5.74) is 0. The molecule has 0 spiro atoms. The van der Waals surface area contributed by atoms with Crippen LogP contribution in [0.2, 0.25) is 4.34 Å². The van der Waals surface area contributed by atoms with Gasteiger partial charge >= 0.3 is 0 Å². The molecule has 0 N–H and O–H groups in total. The van der Waals surface area contributed by atoms with E-state index in [2.05, 4.69) is 0 Å². The van der Waals surface area contributed by atoms with Gasteiger partial charge in [-0.1, -0.05) is 24.4 Å². The predicted molar refractivity (Wildman–Crippen MR) is 97.2 cm³/mol. The van der Waals surface area contributed by atoms with Crippen LogP contribution in [-0.4, -0.2) is 40.6 Å². The highest BCUT2D eigenvalue weighted by atomic mass is 35.5. The quantitative estimate of drug-likeness (QED) is 0.709. The highest BCUT2D eigenvalue weighted by Gasteiger charge is 2.47. The molecule has 1 aromatic heterocycles. The number of fused-ring (bicyclic) bond motifs is 1. The van der Waals surface area contributed by atoms with Crippen molar-refractivity contribution >= 4 is 40.7 Å². The lowest BCUT2D eigenvalue weighted by Crippen LogP contribution is -2.37. The first kappa shape index (κ1) is 18.4. The Hall–Kier alpha value is -1.40. The second kappa shape index (κ2) is 7.87. The van der Waals surface area contributed by atoms with Crippen molar-refractivity contribution < 1.29 is 14.4 Å². The van der Waals surface area contributed by atoms with Gasteiger partial charge in [-0.2, -0.15) is 0 Å². The number of rotatable bonds is 6. The van der Waals surface area contributed by atoms with Crippen LogP contribution in [0, 0.1) is 11.8 Å². The summed E-state index contributed by atoms with van der Waals surface area (Å²) in [5, 5.41) is 0. The standard InChI is InChI=1S/C18H23ClN2O3S/c1-2-20(11-12-7-8-15(19)25-12)16(22)9-10-21-17(23)13-5-3-4-6-14(13)18(21)24/h7-8,13-14H,2-6,9-11H2,1H3. The van der Waals surface area contributed by atoms with E-state index in [0.717, 1.165) is 30.6 Å². The van der Waals surface area contributed by atoms with E-state index in [-0.39, 0.29) is 42.5 Å². The van der Waals surface area contributed by atoms with Crippen molar-refractivity contribution in [2.45, 2.75) is 45.6 Å². The van der Waals surface area contributed by atoms with Crippen LogP contribution in [0.5, 0.6) is 0 Å². The third-order valence-electron chi connectivity index (χ3n) is 5.19. The number of hydrogen-bond acceptors (Lipinski definition) is 4. The summed E-state index contributed by atoms with van der Waals surface area (Å²) in [5.74, 6) is -0.479. The van der Waals surface area contributed by atoms with E-state index in [1.165, 1.54) is 16.2 Å². The molecule has 0 bridgehead atoms. The average Bonchev–Trinajstić information content (AvgIpc) is 3.13. The molecular weight excluding hydrogens is 360 g/mol. The molecule has 2 aliphatic rings. The van der Waals surface area contributed by atoms with Gasteiger partial charge in [0.2, 0.25) is 17.7 Å². The number of amides is 3. The largest absolute Gasteiger partial charge is 0.338 e. The number of likely N-dealkylation sites (tertiary alicyclic amines) is 1. The fraction of sp³-hybridized carbons (Fsp3) is 0.611. The first-order chi connectivity index (χ1) is 12.0. The van der Waals surface area contributed by atoms with Gasteiger partial charge in [0, 0.05) is 24.4 Å². The molecule has 1 aromatic rings. The van der Waals surface area contributed by atoms with Crippen molar-refractivity contribution in [3.63, 3.8) is 0 Å². The molecule has 0 aromatic carbocycles. The van der Waals surface area contributed by atoms with Gasteiger partial charge in [0.25, 0.3) is 0 Å². The van der Waals surface area contributed by atoms with Crippen LogP contribution in [0.15, 0.2) is 12.1 Å². The van der Waals surface area contributed by atoms with Crippen molar-refractivity contribution in [3.8, 4) is 0 Å². The van der Waals surface area contributed by atoms with Crippen molar-refractivity contribution in [1.29, 1.82) is 0 Å². The van der Waals surface area contributed by atoms with E-state index >= 15 is 0 Å². The summed E-state index contributed by atoms with van der Waals surface area (Å²) in [6, 6.07) is 3.74. The number of carbonyl (C=O) groups excluding carboxylic acids is 3. The number of imide groups is 1. The number of thiophene rings is 1. The van der Waals surface area contributed by atoms with Crippen LogP contribution >= 0.6 is 22.9 Å². The van der Waals surface area contributed by atoms with E-state index in [1.807, 2.05) is 19.1 Å². The van der Waals surface area contributed by atoms with Gasteiger partial charge in [0.1, 0.15) is 0 Å². The van der Waals surface area contributed by atoms with Crippen molar-refractivity contribution in [2.75, 3.05) is 13.1 Å². The average molecular weight is 383 g/mol. The number of carbonyl (C=O) groups is 3. The van der Waals surface area contributed by atoms with Crippen molar-refractivity contribution in [1.82, 2.24) is 9.80 Å². The van der Waals surface area contributed by atoms with Gasteiger partial charge in [-0.05, 0) is 31.9 Å². The normalized spacial score (nSPS) is 23.0. The molecule has 2 atom stereocenters. The molecule has 25 heavy (non-hydrogen) atoms. The summed E-state index contributed by atoms with van der Waals surface area (Å²) in [6.07, 6.45) is 3.82. The van der Waals surface area contributed by atoms with Crippen LogP contribution < -0.4 is 0 Å². The lowest BCUT2D eigenvalue weighted by Gasteiger charge is -2.22. The van der Waals surface area contributed by atoms with Crippen LogP contribution in [0.4, 0.5) is 0 Å². The zero-order valence-electron chi connectivity index (χ0n) is 14.4. The van der Waals surface area contributed by atoms with E-state index in [0.29, 0.717) is 17.4 Å².